The monoisotopic (exact) mass is 438 g/mol. The molecule has 0 saturated carbocycles. The van der Waals surface area contributed by atoms with Gasteiger partial charge in [-0.2, -0.15) is 0 Å². The SMILES string of the molecule is CCc1nc2ccc(C(=O)Nc3sc4c(c3C(N)=O)CCC(C(C)(C)C)C4)cn2c1C. The molecule has 1 atom stereocenters. The zero-order chi connectivity index (χ0) is 22.5. The maximum atomic E-state index is 13.1. The van der Waals surface area contributed by atoms with E-state index in [1.54, 1.807) is 12.3 Å². The molecule has 2 amide bonds. The third kappa shape index (κ3) is 3.87. The van der Waals surface area contributed by atoms with Crippen LogP contribution < -0.4 is 11.1 Å². The van der Waals surface area contributed by atoms with Gasteiger partial charge in [-0.1, -0.05) is 27.7 Å². The number of amides is 2. The van der Waals surface area contributed by atoms with Crippen molar-refractivity contribution in [1.82, 2.24) is 9.38 Å². The van der Waals surface area contributed by atoms with Crippen LogP contribution in [0.5, 0.6) is 0 Å². The van der Waals surface area contributed by atoms with Crippen molar-refractivity contribution in [3.05, 3.63) is 51.3 Å². The number of primary amides is 1. The van der Waals surface area contributed by atoms with E-state index in [-0.39, 0.29) is 11.3 Å². The maximum Gasteiger partial charge on any atom is 0.257 e. The van der Waals surface area contributed by atoms with Gasteiger partial charge in [0.2, 0.25) is 0 Å². The molecule has 164 valence electrons. The lowest BCUT2D eigenvalue weighted by molar-refractivity contribution is 0.1000. The van der Waals surface area contributed by atoms with Crippen LogP contribution in [-0.2, 0) is 19.3 Å². The van der Waals surface area contributed by atoms with Gasteiger partial charge in [0.15, 0.2) is 0 Å². The van der Waals surface area contributed by atoms with Crippen molar-refractivity contribution in [2.75, 3.05) is 5.32 Å². The number of hydrogen-bond acceptors (Lipinski definition) is 4. The Balaban J connectivity index is 1.66. The van der Waals surface area contributed by atoms with E-state index in [4.69, 9.17) is 5.73 Å². The van der Waals surface area contributed by atoms with Gasteiger partial charge >= 0.3 is 0 Å². The predicted molar refractivity (Wildman–Crippen MR) is 125 cm³/mol. The lowest BCUT2D eigenvalue weighted by Gasteiger charge is -2.33. The van der Waals surface area contributed by atoms with E-state index in [2.05, 4.69) is 38.0 Å². The summed E-state index contributed by atoms with van der Waals surface area (Å²) in [6, 6.07) is 3.62. The number of nitrogens with two attached hydrogens (primary N) is 1. The quantitative estimate of drug-likeness (QED) is 0.615. The second-order valence-electron chi connectivity index (χ2n) is 9.48. The Morgan fingerprint density at radius 1 is 1.32 bits per heavy atom. The van der Waals surface area contributed by atoms with Crippen molar-refractivity contribution in [3.8, 4) is 0 Å². The molecule has 0 spiro atoms. The van der Waals surface area contributed by atoms with Crippen LogP contribution in [0.15, 0.2) is 18.3 Å². The Hall–Kier alpha value is -2.67. The summed E-state index contributed by atoms with van der Waals surface area (Å²) in [6.45, 7) is 10.8. The molecule has 4 rings (SSSR count). The predicted octanol–water partition coefficient (Wildman–Crippen LogP) is 4.77. The standard InChI is InChI=1S/C24H30N4O2S/c1-6-17-13(2)28-12-14(7-10-19(28)26-17)22(30)27-23-20(21(25)29)16-9-8-15(24(3,4)5)11-18(16)31-23/h7,10,12,15H,6,8-9,11H2,1-5H3,(H2,25,29)(H,27,30). The number of fused-ring (bicyclic) bond motifs is 2. The third-order valence-electron chi connectivity index (χ3n) is 6.52. The van der Waals surface area contributed by atoms with E-state index >= 15 is 0 Å². The van der Waals surface area contributed by atoms with E-state index in [1.165, 1.54) is 16.2 Å². The fourth-order valence-corrected chi connectivity index (χ4v) is 5.86. The van der Waals surface area contributed by atoms with Gasteiger partial charge in [-0.15, -0.1) is 11.3 Å². The zero-order valence-corrected chi connectivity index (χ0v) is 19.7. The number of carbonyl (C=O) groups excluding carboxylic acids is 2. The second-order valence-corrected chi connectivity index (χ2v) is 10.6. The molecule has 3 N–H and O–H groups in total. The van der Waals surface area contributed by atoms with Crippen LogP contribution >= 0.6 is 11.3 Å². The first kappa shape index (κ1) is 21.6. The van der Waals surface area contributed by atoms with Gasteiger partial charge in [-0.25, -0.2) is 4.98 Å². The first-order valence-corrected chi connectivity index (χ1v) is 11.6. The van der Waals surface area contributed by atoms with Crippen molar-refractivity contribution >= 4 is 33.8 Å². The topological polar surface area (TPSA) is 89.5 Å². The van der Waals surface area contributed by atoms with Crippen LogP contribution in [0.2, 0.25) is 0 Å². The summed E-state index contributed by atoms with van der Waals surface area (Å²) >= 11 is 1.50. The normalized spacial score (nSPS) is 16.4. The molecule has 6 nitrogen and oxygen atoms in total. The van der Waals surface area contributed by atoms with Crippen molar-refractivity contribution < 1.29 is 9.59 Å². The molecule has 0 aromatic carbocycles. The molecule has 1 aliphatic carbocycles. The number of nitrogens with zero attached hydrogens (tertiary/aromatic N) is 2. The first-order valence-electron chi connectivity index (χ1n) is 10.8. The average molecular weight is 439 g/mol. The average Bonchev–Trinajstić information content (AvgIpc) is 3.23. The molecule has 1 aliphatic rings. The van der Waals surface area contributed by atoms with E-state index in [9.17, 15) is 9.59 Å². The number of hydrogen-bond donors (Lipinski definition) is 2. The second kappa shape index (κ2) is 7.79. The van der Waals surface area contributed by atoms with Crippen molar-refractivity contribution in [1.29, 1.82) is 0 Å². The highest BCUT2D eigenvalue weighted by Crippen LogP contribution is 2.44. The summed E-state index contributed by atoms with van der Waals surface area (Å²) in [6.07, 6.45) is 5.41. The van der Waals surface area contributed by atoms with Crippen molar-refractivity contribution in [3.63, 3.8) is 0 Å². The number of aromatic nitrogens is 2. The lowest BCUT2D eigenvalue weighted by Crippen LogP contribution is -2.27. The Morgan fingerprint density at radius 2 is 2.06 bits per heavy atom. The molecule has 31 heavy (non-hydrogen) atoms. The largest absolute Gasteiger partial charge is 0.365 e. The van der Waals surface area contributed by atoms with Crippen LogP contribution in [-0.4, -0.2) is 21.2 Å². The zero-order valence-electron chi connectivity index (χ0n) is 18.8. The molecular formula is C24H30N4O2S. The van der Waals surface area contributed by atoms with Gasteiger partial charge < -0.3 is 15.5 Å². The fourth-order valence-electron chi connectivity index (χ4n) is 4.53. The van der Waals surface area contributed by atoms with E-state index < -0.39 is 5.91 Å². The lowest BCUT2D eigenvalue weighted by atomic mass is 9.72. The molecule has 7 heteroatoms. The third-order valence-corrected chi connectivity index (χ3v) is 7.69. The Kier molecular flexibility index (Phi) is 5.41. The van der Waals surface area contributed by atoms with Crippen LogP contribution in [0, 0.1) is 18.3 Å². The van der Waals surface area contributed by atoms with Crippen LogP contribution in [0.3, 0.4) is 0 Å². The van der Waals surface area contributed by atoms with E-state index in [0.717, 1.165) is 48.3 Å². The molecule has 3 aromatic rings. The van der Waals surface area contributed by atoms with Crippen LogP contribution in [0.1, 0.15) is 76.7 Å². The van der Waals surface area contributed by atoms with Gasteiger partial charge in [-0.3, -0.25) is 9.59 Å². The minimum Gasteiger partial charge on any atom is -0.365 e. The molecule has 0 saturated heterocycles. The van der Waals surface area contributed by atoms with Gasteiger partial charge in [0, 0.05) is 16.8 Å². The summed E-state index contributed by atoms with van der Waals surface area (Å²) in [5.41, 5.74) is 10.8. The Bertz CT molecular complexity index is 1180. The molecule has 3 aromatic heterocycles. The number of nitrogens with one attached hydrogen (secondary N) is 1. The summed E-state index contributed by atoms with van der Waals surface area (Å²) in [7, 11) is 0. The summed E-state index contributed by atoms with van der Waals surface area (Å²) < 4.78 is 1.94. The van der Waals surface area contributed by atoms with Gasteiger partial charge in [0.1, 0.15) is 10.6 Å². The summed E-state index contributed by atoms with van der Waals surface area (Å²) in [5, 5.41) is 3.53. The highest BCUT2D eigenvalue weighted by Gasteiger charge is 2.33. The number of carbonyl (C=O) groups is 2. The van der Waals surface area contributed by atoms with E-state index in [1.807, 2.05) is 17.4 Å². The fraction of sp³-hybridized carbons (Fsp3) is 0.458. The Morgan fingerprint density at radius 3 is 2.71 bits per heavy atom. The van der Waals surface area contributed by atoms with Crippen LogP contribution in [0.25, 0.3) is 5.65 Å². The Labute approximate surface area is 186 Å². The maximum absolute atomic E-state index is 13.1. The molecule has 0 aliphatic heterocycles. The number of aryl methyl sites for hydroxylation is 2. The van der Waals surface area contributed by atoms with Gasteiger partial charge in [0.05, 0.1) is 16.8 Å². The van der Waals surface area contributed by atoms with Gasteiger partial charge in [-0.05, 0) is 61.6 Å². The molecule has 0 fully saturated rings. The molecule has 0 radical (unpaired) electrons. The molecule has 1 unspecified atom stereocenters. The number of imidazole rings is 1. The van der Waals surface area contributed by atoms with Crippen molar-refractivity contribution in [2.24, 2.45) is 17.1 Å². The van der Waals surface area contributed by atoms with Crippen molar-refractivity contribution in [2.45, 2.75) is 60.3 Å². The highest BCUT2D eigenvalue weighted by atomic mass is 32.1. The van der Waals surface area contributed by atoms with Crippen LogP contribution in [0.4, 0.5) is 5.00 Å². The first-order chi connectivity index (χ1) is 14.6. The minimum atomic E-state index is -0.476. The smallest absolute Gasteiger partial charge is 0.257 e. The number of thiophene rings is 1. The molecule has 3 heterocycles. The van der Waals surface area contributed by atoms with E-state index in [0.29, 0.717) is 22.0 Å². The summed E-state index contributed by atoms with van der Waals surface area (Å²) in [4.78, 5) is 31.1. The number of anilines is 1. The highest BCUT2D eigenvalue weighted by molar-refractivity contribution is 7.17. The minimum absolute atomic E-state index is 0.202. The molecule has 0 bridgehead atoms. The number of rotatable bonds is 4. The van der Waals surface area contributed by atoms with Gasteiger partial charge in [0.25, 0.3) is 11.8 Å². The number of pyridine rings is 1. The molecular weight excluding hydrogens is 408 g/mol. The summed E-state index contributed by atoms with van der Waals surface area (Å²) in [5.74, 6) is -0.181.